The average Bonchev–Trinajstić information content (AvgIpc) is 3.20. The second-order valence-corrected chi connectivity index (χ2v) is 14.8. The average molecular weight is 749 g/mol. The monoisotopic (exact) mass is 749 g/mol. The van der Waals surface area contributed by atoms with Crippen LogP contribution in [0, 0.1) is 0 Å². The summed E-state index contributed by atoms with van der Waals surface area (Å²) in [5.41, 5.74) is 4.29. The first kappa shape index (κ1) is 46.8. The molecule has 0 aliphatic carbocycles. The van der Waals surface area contributed by atoms with Crippen molar-refractivity contribution in [1.82, 2.24) is 8.97 Å². The first-order valence-corrected chi connectivity index (χ1v) is 21.6. The maximum Gasteiger partial charge on any atom is 0.362 e. The van der Waals surface area contributed by atoms with Crippen molar-refractivity contribution in [3.8, 4) is 0 Å². The molecule has 0 atom stereocenters. The zero-order chi connectivity index (χ0) is 39.3. The van der Waals surface area contributed by atoms with Gasteiger partial charge in [0.1, 0.15) is 11.4 Å². The largest absolute Gasteiger partial charge is 0.462 e. The fraction of sp³-hybridized carbons (Fsp3) is 0.652. The van der Waals surface area contributed by atoms with E-state index in [1.165, 1.54) is 64.2 Å². The number of likely N-dealkylation sites (N-methyl/N-ethyl adjacent to an activating group) is 2. The Labute approximate surface area is 329 Å². The number of nitrogens with zero attached hydrogens (tertiary/aromatic N) is 4. The van der Waals surface area contributed by atoms with Crippen LogP contribution in [0.2, 0.25) is 0 Å². The van der Waals surface area contributed by atoms with Crippen LogP contribution in [0.3, 0.4) is 0 Å². The topological polar surface area (TPSA) is 77.3 Å². The molecule has 0 heterocycles. The normalized spacial score (nSPS) is 12.2. The molecular formula is C46H76N4O4+2. The Balaban J connectivity index is 1.80. The van der Waals surface area contributed by atoms with Crippen LogP contribution in [0.5, 0.6) is 0 Å². The summed E-state index contributed by atoms with van der Waals surface area (Å²) in [4.78, 5) is 34.8. The van der Waals surface area contributed by atoms with E-state index in [4.69, 9.17) is 9.47 Å². The first-order valence-electron chi connectivity index (χ1n) is 21.6. The molecule has 0 aliphatic heterocycles. The van der Waals surface area contributed by atoms with Crippen LogP contribution in [0.25, 0.3) is 0 Å². The number of aliphatic imine (C=N–C) groups is 2. The predicted octanol–water partition coefficient (Wildman–Crippen LogP) is 10.5. The van der Waals surface area contributed by atoms with Crippen LogP contribution >= 0.6 is 0 Å². The molecule has 0 bridgehead atoms. The van der Waals surface area contributed by atoms with E-state index in [1.807, 2.05) is 12.4 Å². The van der Waals surface area contributed by atoms with Crippen molar-refractivity contribution in [2.45, 2.75) is 131 Å². The van der Waals surface area contributed by atoms with Gasteiger partial charge in [0, 0.05) is 12.4 Å². The van der Waals surface area contributed by atoms with Crippen LogP contribution in [-0.2, 0) is 19.1 Å². The summed E-state index contributed by atoms with van der Waals surface area (Å²) in [7, 11) is 0. The van der Waals surface area contributed by atoms with Gasteiger partial charge < -0.3 is 9.47 Å². The molecule has 2 aromatic carbocycles. The lowest BCUT2D eigenvalue weighted by Gasteiger charge is -2.35. The molecule has 0 aromatic heterocycles. The fourth-order valence-electron chi connectivity index (χ4n) is 7.09. The molecule has 8 nitrogen and oxygen atoms in total. The van der Waals surface area contributed by atoms with Gasteiger partial charge in [-0.3, -0.25) is 19.0 Å². The molecule has 0 fully saturated rings. The first-order chi connectivity index (χ1) is 26.3. The van der Waals surface area contributed by atoms with E-state index in [-0.39, 0.29) is 11.9 Å². The van der Waals surface area contributed by atoms with E-state index in [0.29, 0.717) is 48.4 Å². The Morgan fingerprint density at radius 3 is 1.11 bits per heavy atom. The number of unbranched alkanes of at least 4 members (excludes halogenated alkanes) is 12. The minimum absolute atomic E-state index is 0.117. The fourth-order valence-corrected chi connectivity index (χ4v) is 7.09. The number of rotatable bonds is 31. The lowest BCUT2D eigenvalue weighted by atomic mass is 10.1. The number of benzene rings is 2. The Hall–Kier alpha value is -3.36. The summed E-state index contributed by atoms with van der Waals surface area (Å²) in [6, 6.07) is 16.8. The van der Waals surface area contributed by atoms with Gasteiger partial charge in [0.25, 0.3) is 0 Å². The second kappa shape index (κ2) is 28.1. The van der Waals surface area contributed by atoms with Gasteiger partial charge in [-0.1, -0.05) is 90.9 Å². The number of hydrogen-bond acceptors (Lipinski definition) is 6. The summed E-state index contributed by atoms with van der Waals surface area (Å²) in [5.74, 6) is -0.237. The van der Waals surface area contributed by atoms with Crippen molar-refractivity contribution >= 4 is 35.7 Å². The quantitative estimate of drug-likeness (QED) is 0.0333. The van der Waals surface area contributed by atoms with E-state index >= 15 is 0 Å². The van der Waals surface area contributed by atoms with Crippen LogP contribution < -0.4 is 8.97 Å². The summed E-state index contributed by atoms with van der Waals surface area (Å²) < 4.78 is 12.4. The summed E-state index contributed by atoms with van der Waals surface area (Å²) >= 11 is 0. The molecule has 0 saturated heterocycles. The molecule has 8 heteroatoms. The van der Waals surface area contributed by atoms with Gasteiger partial charge >= 0.3 is 11.9 Å². The number of quaternary nitrogens is 2. The van der Waals surface area contributed by atoms with Gasteiger partial charge in [0.2, 0.25) is 0 Å². The number of hydrogen-bond donors (Lipinski definition) is 0. The third-order valence-corrected chi connectivity index (χ3v) is 11.0. The number of ether oxygens (including phenoxy) is 2. The number of carbonyl (C=O) groups is 2. The van der Waals surface area contributed by atoms with Crippen molar-refractivity contribution in [2.24, 2.45) is 9.98 Å². The van der Waals surface area contributed by atoms with Gasteiger partial charge in [0.15, 0.2) is 13.1 Å². The molecule has 0 amide bonds. The van der Waals surface area contributed by atoms with Crippen LogP contribution in [0.1, 0.15) is 143 Å². The Bertz CT molecular complexity index is 1330. The van der Waals surface area contributed by atoms with Crippen molar-refractivity contribution in [3.05, 3.63) is 59.7 Å². The van der Waals surface area contributed by atoms with Crippen molar-refractivity contribution in [2.75, 3.05) is 65.6 Å². The predicted molar refractivity (Wildman–Crippen MR) is 231 cm³/mol. The molecule has 0 saturated carbocycles. The highest BCUT2D eigenvalue weighted by molar-refractivity contribution is 5.82. The minimum Gasteiger partial charge on any atom is -0.462 e. The van der Waals surface area contributed by atoms with Crippen molar-refractivity contribution in [3.63, 3.8) is 0 Å². The van der Waals surface area contributed by atoms with E-state index < -0.39 is 0 Å². The van der Waals surface area contributed by atoms with Gasteiger partial charge in [-0.15, -0.1) is 0 Å². The highest BCUT2D eigenvalue weighted by atomic mass is 16.5. The molecule has 0 N–H and O–H groups in total. The summed E-state index contributed by atoms with van der Waals surface area (Å²) in [6.07, 6.45) is 20.7. The highest BCUT2D eigenvalue weighted by Crippen LogP contribution is 2.25. The minimum atomic E-state index is -0.120. The van der Waals surface area contributed by atoms with Crippen molar-refractivity contribution in [1.29, 1.82) is 0 Å². The third-order valence-electron chi connectivity index (χ3n) is 11.0. The molecular weight excluding hydrogens is 673 g/mol. The Morgan fingerprint density at radius 1 is 0.481 bits per heavy atom. The Morgan fingerprint density at radius 2 is 0.796 bits per heavy atom. The molecule has 0 spiro atoms. The lowest BCUT2D eigenvalue weighted by Crippen LogP contribution is -2.52. The molecule has 54 heavy (non-hydrogen) atoms. The SMILES string of the molecule is CCCCCCCCCCOC(=O)C[N+](CC)(CC)c1ccc(C=NCCN=Cc2ccc([N+](CC)(CC)CC(=O)OCCCCCCCC)cc2)cc1. The van der Waals surface area contributed by atoms with Crippen LogP contribution in [0.4, 0.5) is 11.4 Å². The van der Waals surface area contributed by atoms with Gasteiger partial charge in [-0.25, -0.2) is 9.59 Å². The van der Waals surface area contributed by atoms with Gasteiger partial charge in [-0.05, 0) is 100 Å². The summed E-state index contributed by atoms with van der Waals surface area (Å²) in [5, 5.41) is 0. The zero-order valence-electron chi connectivity index (χ0n) is 35.2. The Kier molecular flexibility index (Phi) is 24.4. The molecule has 302 valence electrons. The number of esters is 2. The highest BCUT2D eigenvalue weighted by Gasteiger charge is 2.31. The van der Waals surface area contributed by atoms with Crippen LogP contribution in [0.15, 0.2) is 58.5 Å². The van der Waals surface area contributed by atoms with E-state index in [1.54, 1.807) is 0 Å². The number of carbonyl (C=O) groups excluding carboxylic acids is 2. The maximum atomic E-state index is 12.8. The van der Waals surface area contributed by atoms with Crippen molar-refractivity contribution < 1.29 is 19.1 Å². The molecule has 2 aromatic rings. The lowest BCUT2D eigenvalue weighted by molar-refractivity contribution is -0.145. The molecule has 0 radical (unpaired) electrons. The third kappa shape index (κ3) is 17.4. The van der Waals surface area contributed by atoms with Crippen LogP contribution in [-0.4, -0.2) is 89.9 Å². The van der Waals surface area contributed by atoms with Gasteiger partial charge in [0.05, 0.1) is 52.5 Å². The molecule has 0 aliphatic rings. The smallest absolute Gasteiger partial charge is 0.362 e. The second-order valence-electron chi connectivity index (χ2n) is 14.8. The summed E-state index contributed by atoms with van der Waals surface area (Å²) in [6.45, 7) is 19.2. The van der Waals surface area contributed by atoms with E-state index in [2.05, 4.69) is 100 Å². The standard InChI is InChI=1S/C46H76N4O4/c1-7-13-15-17-19-20-22-24-36-54-46(52)40-50(11-5,12-6)44-31-27-42(28-32-44)38-48-34-33-47-37-41-25-29-43(30-26-41)49(9-3,10-4)39-45(51)53-35-23-21-18-16-14-8-2/h25-32,37-38H,7-24,33-36,39-40H2,1-6H3/q+2. The van der Waals surface area contributed by atoms with E-state index in [0.717, 1.165) is 74.4 Å². The molecule has 0 unspecified atom stereocenters. The maximum absolute atomic E-state index is 12.8. The zero-order valence-corrected chi connectivity index (χ0v) is 35.2. The molecule has 2 rings (SSSR count). The van der Waals surface area contributed by atoms with E-state index in [9.17, 15) is 9.59 Å². The van der Waals surface area contributed by atoms with Gasteiger partial charge in [-0.2, -0.15) is 0 Å².